The minimum atomic E-state index is -4.74. The fraction of sp³-hybridized carbons (Fsp3) is 0.471. The molecule has 3 rings (SSSR count). The molecule has 1 aliphatic rings. The maximum absolute atomic E-state index is 13.3. The first-order valence-electron chi connectivity index (χ1n) is 8.05. The first-order valence-corrected chi connectivity index (χ1v) is 8.05. The van der Waals surface area contributed by atoms with Crippen LogP contribution in [0.3, 0.4) is 0 Å². The first kappa shape index (κ1) is 18.6. The van der Waals surface area contributed by atoms with E-state index in [1.165, 1.54) is 23.1 Å². The van der Waals surface area contributed by atoms with Crippen LogP contribution in [0.5, 0.6) is 0 Å². The van der Waals surface area contributed by atoms with Gasteiger partial charge in [0.05, 0.1) is 12.0 Å². The topological polar surface area (TPSA) is 36.1 Å². The van der Waals surface area contributed by atoms with E-state index in [1.807, 2.05) is 0 Å². The van der Waals surface area contributed by atoms with Crippen LogP contribution in [-0.4, -0.2) is 23.2 Å². The molecule has 2 atom stereocenters. The number of aromatic amines is 1. The second-order valence-corrected chi connectivity index (χ2v) is 6.58. The van der Waals surface area contributed by atoms with E-state index in [0.29, 0.717) is 18.9 Å². The van der Waals surface area contributed by atoms with Gasteiger partial charge in [0.15, 0.2) is 0 Å². The second-order valence-electron chi connectivity index (χ2n) is 6.58. The van der Waals surface area contributed by atoms with Gasteiger partial charge in [-0.15, -0.1) is 0 Å². The third-order valence-corrected chi connectivity index (χ3v) is 4.68. The number of alkyl halides is 6. The molecule has 1 N–H and O–H groups in total. The van der Waals surface area contributed by atoms with Gasteiger partial charge in [-0.25, -0.2) is 0 Å². The van der Waals surface area contributed by atoms with Crippen molar-refractivity contribution >= 4 is 16.6 Å². The lowest BCUT2D eigenvalue weighted by Crippen LogP contribution is -2.37. The Labute approximate surface area is 144 Å². The molecule has 0 radical (unpaired) electrons. The van der Waals surface area contributed by atoms with E-state index in [0.717, 1.165) is 0 Å². The summed E-state index contributed by atoms with van der Waals surface area (Å²) in [5.41, 5.74) is -1.71. The quantitative estimate of drug-likeness (QED) is 0.758. The largest absolute Gasteiger partial charge is 0.417 e. The molecule has 0 aliphatic carbocycles. The van der Waals surface area contributed by atoms with Crippen LogP contribution in [0.15, 0.2) is 29.1 Å². The molecule has 2 heterocycles. The molecule has 0 unspecified atom stereocenters. The third kappa shape index (κ3) is 3.66. The van der Waals surface area contributed by atoms with Gasteiger partial charge in [-0.1, -0.05) is 0 Å². The summed E-state index contributed by atoms with van der Waals surface area (Å²) < 4.78 is 78.3. The van der Waals surface area contributed by atoms with Crippen molar-refractivity contribution < 1.29 is 26.3 Å². The highest BCUT2D eigenvalue weighted by Gasteiger charge is 2.40. The maximum Gasteiger partial charge on any atom is 0.417 e. The van der Waals surface area contributed by atoms with Crippen molar-refractivity contribution in [1.29, 1.82) is 0 Å². The van der Waals surface area contributed by atoms with Gasteiger partial charge in [0.2, 0.25) is 5.56 Å². The third-order valence-electron chi connectivity index (χ3n) is 4.68. The number of pyridine rings is 1. The number of aromatic nitrogens is 1. The van der Waals surface area contributed by atoms with Gasteiger partial charge in [0, 0.05) is 34.7 Å². The monoisotopic (exact) mass is 378 g/mol. The molecule has 142 valence electrons. The van der Waals surface area contributed by atoms with Crippen molar-refractivity contribution in [3.05, 3.63) is 40.2 Å². The van der Waals surface area contributed by atoms with Crippen LogP contribution < -0.4 is 10.5 Å². The number of nitrogens with zero attached hydrogens (tertiary/aromatic N) is 1. The average molecular weight is 378 g/mol. The minimum Gasteiger partial charge on any atom is -0.365 e. The lowest BCUT2D eigenvalue weighted by Gasteiger charge is -2.31. The number of hydrogen-bond donors (Lipinski definition) is 1. The van der Waals surface area contributed by atoms with Crippen molar-refractivity contribution in [2.45, 2.75) is 50.6 Å². The molecule has 0 bridgehead atoms. The molecule has 1 saturated heterocycles. The average Bonchev–Trinajstić information content (AvgIpc) is 2.83. The van der Waals surface area contributed by atoms with E-state index < -0.39 is 35.9 Å². The summed E-state index contributed by atoms with van der Waals surface area (Å²) in [5.74, 6) is 0. The van der Waals surface area contributed by atoms with E-state index in [9.17, 15) is 31.1 Å². The number of nitrogens with one attached hydrogen (secondary N) is 1. The van der Waals surface area contributed by atoms with Crippen LogP contribution in [0.25, 0.3) is 10.9 Å². The minimum absolute atomic E-state index is 0.00667. The van der Waals surface area contributed by atoms with Crippen LogP contribution in [0.4, 0.5) is 32.0 Å². The predicted molar refractivity (Wildman–Crippen MR) is 85.2 cm³/mol. The molecule has 0 saturated carbocycles. The zero-order valence-corrected chi connectivity index (χ0v) is 13.7. The number of rotatable bonds is 2. The molecule has 0 spiro atoms. The lowest BCUT2D eigenvalue weighted by molar-refractivity contribution is -0.138. The number of hydrogen-bond acceptors (Lipinski definition) is 2. The fourth-order valence-corrected chi connectivity index (χ4v) is 3.64. The Morgan fingerprint density at radius 1 is 1.12 bits per heavy atom. The Hall–Kier alpha value is -2.19. The highest BCUT2D eigenvalue weighted by molar-refractivity contribution is 5.86. The Kier molecular flexibility index (Phi) is 4.44. The number of fused-ring (bicyclic) bond motifs is 1. The molecule has 0 amide bonds. The van der Waals surface area contributed by atoms with E-state index >= 15 is 0 Å². The number of halogens is 6. The number of benzene rings is 1. The Morgan fingerprint density at radius 2 is 1.81 bits per heavy atom. The second kappa shape index (κ2) is 6.21. The van der Waals surface area contributed by atoms with Crippen LogP contribution in [0.2, 0.25) is 0 Å². The summed E-state index contributed by atoms with van der Waals surface area (Å²) in [4.78, 5) is 15.3. The first-order chi connectivity index (χ1) is 12.0. The van der Waals surface area contributed by atoms with E-state index in [2.05, 4.69) is 4.98 Å². The number of anilines is 1. The zero-order chi connectivity index (χ0) is 19.3. The fourth-order valence-electron chi connectivity index (χ4n) is 3.64. The molecule has 1 fully saturated rings. The summed E-state index contributed by atoms with van der Waals surface area (Å²) in [7, 11) is 0. The van der Waals surface area contributed by atoms with Gasteiger partial charge in [-0.3, -0.25) is 4.79 Å². The smallest absolute Gasteiger partial charge is 0.365 e. The summed E-state index contributed by atoms with van der Waals surface area (Å²) in [5, 5.41) is -0.237. The van der Waals surface area contributed by atoms with Crippen LogP contribution in [0, 0.1) is 0 Å². The van der Waals surface area contributed by atoms with Gasteiger partial charge >= 0.3 is 12.4 Å². The molecule has 3 nitrogen and oxygen atoms in total. The van der Waals surface area contributed by atoms with E-state index in [4.69, 9.17) is 0 Å². The van der Waals surface area contributed by atoms with E-state index in [1.54, 1.807) is 6.92 Å². The summed E-state index contributed by atoms with van der Waals surface area (Å²) in [6, 6.07) is 3.38. The van der Waals surface area contributed by atoms with Gasteiger partial charge in [-0.05, 0) is 38.0 Å². The molecular formula is C17H16F6N2O. The van der Waals surface area contributed by atoms with E-state index in [-0.39, 0.29) is 22.6 Å². The van der Waals surface area contributed by atoms with Crippen molar-refractivity contribution in [3.8, 4) is 0 Å². The van der Waals surface area contributed by atoms with Crippen molar-refractivity contribution in [3.63, 3.8) is 0 Å². The Morgan fingerprint density at radius 3 is 2.42 bits per heavy atom. The highest BCUT2D eigenvalue weighted by atomic mass is 19.4. The normalized spacial score (nSPS) is 21.6. The van der Waals surface area contributed by atoms with Gasteiger partial charge < -0.3 is 9.88 Å². The summed E-state index contributed by atoms with van der Waals surface area (Å²) in [6.07, 6.45) is -9.28. The predicted octanol–water partition coefficient (Wildman–Crippen LogP) is 4.86. The molecule has 1 aromatic heterocycles. The Bertz CT molecular complexity index is 870. The lowest BCUT2D eigenvalue weighted by atomic mass is 10.1. The highest BCUT2D eigenvalue weighted by Crippen LogP contribution is 2.39. The van der Waals surface area contributed by atoms with Gasteiger partial charge in [0.25, 0.3) is 0 Å². The van der Waals surface area contributed by atoms with Crippen molar-refractivity contribution in [2.75, 3.05) is 4.90 Å². The van der Waals surface area contributed by atoms with Crippen LogP contribution >= 0.6 is 0 Å². The SMILES string of the molecule is C[C@@H]1CC[C@H](CC(F)(F)F)N1c1ccc2[nH]c(=O)cc(C(F)(F)F)c2c1. The number of H-pyrrole nitrogens is 1. The molecule has 1 aliphatic heterocycles. The van der Waals surface area contributed by atoms with Crippen LogP contribution in [0.1, 0.15) is 31.7 Å². The summed E-state index contributed by atoms with van der Waals surface area (Å²) >= 11 is 0. The van der Waals surface area contributed by atoms with Crippen molar-refractivity contribution in [1.82, 2.24) is 4.98 Å². The molecule has 1 aromatic carbocycles. The molecule has 26 heavy (non-hydrogen) atoms. The molecule has 9 heteroatoms. The van der Waals surface area contributed by atoms with Gasteiger partial charge in [0.1, 0.15) is 0 Å². The van der Waals surface area contributed by atoms with Crippen LogP contribution in [-0.2, 0) is 6.18 Å². The summed E-state index contributed by atoms with van der Waals surface area (Å²) in [6.45, 7) is 1.75. The van der Waals surface area contributed by atoms with Gasteiger partial charge in [-0.2, -0.15) is 26.3 Å². The zero-order valence-electron chi connectivity index (χ0n) is 13.7. The molecule has 2 aromatic rings. The molecular weight excluding hydrogens is 362 g/mol. The maximum atomic E-state index is 13.3. The Balaban J connectivity index is 2.10. The standard InChI is InChI=1S/C17H16F6N2O/c1-9-2-3-11(8-16(18,19)20)25(9)10-4-5-14-12(6-10)13(17(21,22)23)7-15(26)24-14/h4-7,9,11H,2-3,8H2,1H3,(H,24,26)/t9-,11-/m1/s1. The van der Waals surface area contributed by atoms with Crippen molar-refractivity contribution in [2.24, 2.45) is 0 Å².